The minimum Gasteiger partial charge on any atom is -0.469 e. The number of hydrogen-bond acceptors (Lipinski definition) is 5. The van der Waals surface area contributed by atoms with E-state index in [4.69, 9.17) is 27.6 Å². The van der Waals surface area contributed by atoms with Crippen LogP contribution < -0.4 is 10.3 Å². The van der Waals surface area contributed by atoms with Crippen LogP contribution in [0.5, 0.6) is 0 Å². The van der Waals surface area contributed by atoms with Crippen molar-refractivity contribution < 1.29 is 17.6 Å². The predicted molar refractivity (Wildman–Crippen MR) is 75.6 cm³/mol. The van der Waals surface area contributed by atoms with Crippen LogP contribution in [0, 0.1) is 6.92 Å². The average Bonchev–Trinajstić information content (AvgIpc) is 2.92. The maximum atomic E-state index is 11.9. The lowest BCUT2D eigenvalue weighted by molar-refractivity contribution is 0.0943. The molecule has 10 heteroatoms. The second-order valence-corrected chi connectivity index (χ2v) is 7.57. The van der Waals surface area contributed by atoms with E-state index in [2.05, 4.69) is 5.43 Å². The Bertz CT molecular complexity index is 751. The molecular weight excluding hydrogens is 347 g/mol. The highest BCUT2D eigenvalue weighted by Crippen LogP contribution is 2.33. The van der Waals surface area contributed by atoms with E-state index >= 15 is 0 Å². The van der Waals surface area contributed by atoms with Crippen LogP contribution in [0.25, 0.3) is 0 Å². The number of carbonyl (C=O) groups excluding carboxylic acids is 1. The van der Waals surface area contributed by atoms with Gasteiger partial charge in [-0.2, -0.15) is 0 Å². The second-order valence-electron chi connectivity index (χ2n) is 3.64. The molecule has 0 atom stereocenters. The van der Waals surface area contributed by atoms with Crippen molar-refractivity contribution in [3.05, 3.63) is 38.4 Å². The number of hydrogen-bond donors (Lipinski definition) is 2. The van der Waals surface area contributed by atoms with Gasteiger partial charge in [0, 0.05) is 0 Å². The molecule has 0 aliphatic carbocycles. The van der Waals surface area contributed by atoms with Gasteiger partial charge in [0.25, 0.3) is 15.9 Å². The van der Waals surface area contributed by atoms with E-state index in [0.717, 1.165) is 11.3 Å². The smallest absolute Gasteiger partial charge is 0.269 e. The lowest BCUT2D eigenvalue weighted by Gasteiger charge is -2.06. The number of amides is 1. The van der Waals surface area contributed by atoms with Gasteiger partial charge in [-0.1, -0.05) is 23.2 Å². The van der Waals surface area contributed by atoms with E-state index in [9.17, 15) is 13.2 Å². The van der Waals surface area contributed by atoms with Gasteiger partial charge in [-0.15, -0.1) is 16.2 Å². The number of rotatable bonds is 4. The maximum Gasteiger partial charge on any atom is 0.269 e. The molecule has 20 heavy (non-hydrogen) atoms. The van der Waals surface area contributed by atoms with Crippen LogP contribution in [0.15, 0.2) is 27.7 Å². The third kappa shape index (κ3) is 3.15. The van der Waals surface area contributed by atoms with Crippen molar-refractivity contribution in [2.75, 3.05) is 0 Å². The zero-order valence-corrected chi connectivity index (χ0v) is 13.1. The quantitative estimate of drug-likeness (QED) is 0.825. The molecular formula is C10H8Cl2N2O4S2. The summed E-state index contributed by atoms with van der Waals surface area (Å²) in [6.45, 7) is 1.58. The van der Waals surface area contributed by atoms with Crippen molar-refractivity contribution in [1.82, 2.24) is 10.3 Å². The number of aryl methyl sites for hydroxylation is 1. The Balaban J connectivity index is 2.13. The van der Waals surface area contributed by atoms with E-state index in [1.54, 1.807) is 6.92 Å². The van der Waals surface area contributed by atoms with Crippen LogP contribution in [0.2, 0.25) is 8.67 Å². The van der Waals surface area contributed by atoms with Gasteiger partial charge in [-0.25, -0.2) is 8.42 Å². The molecule has 0 aliphatic heterocycles. The fourth-order valence-electron chi connectivity index (χ4n) is 1.36. The Kier molecular flexibility index (Phi) is 4.40. The fourth-order valence-corrected chi connectivity index (χ4v) is 4.35. The molecule has 108 valence electrons. The van der Waals surface area contributed by atoms with Gasteiger partial charge in [-0.05, 0) is 19.1 Å². The SMILES string of the molecule is Cc1occc1C(=O)NNS(=O)(=O)c1cc(Cl)sc1Cl. The first-order valence-electron chi connectivity index (χ1n) is 5.12. The summed E-state index contributed by atoms with van der Waals surface area (Å²) in [6.07, 6.45) is 1.33. The van der Waals surface area contributed by atoms with Crippen LogP contribution in [-0.4, -0.2) is 14.3 Å². The zero-order chi connectivity index (χ0) is 14.9. The monoisotopic (exact) mass is 354 g/mol. The standard InChI is InChI=1S/C10H8Cl2N2O4S2/c1-5-6(2-3-18-5)10(15)13-14-20(16,17)7-4-8(11)19-9(7)12/h2-4,14H,1H3,(H,13,15). The molecule has 0 spiro atoms. The number of thiophene rings is 1. The minimum absolute atomic E-state index is 0.0104. The molecule has 0 saturated heterocycles. The number of carbonyl (C=O) groups is 1. The van der Waals surface area contributed by atoms with Crippen molar-refractivity contribution in [2.45, 2.75) is 11.8 Å². The van der Waals surface area contributed by atoms with E-state index in [1.807, 2.05) is 4.83 Å². The number of hydrazine groups is 1. The van der Waals surface area contributed by atoms with Gasteiger partial charge < -0.3 is 4.42 Å². The molecule has 0 saturated carbocycles. The zero-order valence-electron chi connectivity index (χ0n) is 9.94. The predicted octanol–water partition coefficient (Wildman–Crippen LogP) is 2.58. The summed E-state index contributed by atoms with van der Waals surface area (Å²) in [7, 11) is -3.99. The summed E-state index contributed by atoms with van der Waals surface area (Å²) < 4.78 is 29.1. The maximum absolute atomic E-state index is 11.9. The first-order chi connectivity index (χ1) is 9.31. The average molecular weight is 355 g/mol. The molecule has 0 radical (unpaired) electrons. The van der Waals surface area contributed by atoms with Crippen molar-refractivity contribution >= 4 is 50.5 Å². The summed E-state index contributed by atoms with van der Waals surface area (Å²) >= 11 is 12.3. The van der Waals surface area contributed by atoms with Crippen LogP contribution in [0.1, 0.15) is 16.1 Å². The molecule has 0 aromatic carbocycles. The lowest BCUT2D eigenvalue weighted by Crippen LogP contribution is -2.41. The Morgan fingerprint density at radius 2 is 2.10 bits per heavy atom. The van der Waals surface area contributed by atoms with Gasteiger partial charge in [0.15, 0.2) is 0 Å². The number of nitrogens with one attached hydrogen (secondary N) is 2. The normalized spacial score (nSPS) is 11.6. The molecule has 2 aromatic rings. The molecule has 2 aromatic heterocycles. The van der Waals surface area contributed by atoms with Gasteiger partial charge >= 0.3 is 0 Å². The van der Waals surface area contributed by atoms with Crippen molar-refractivity contribution in [1.29, 1.82) is 0 Å². The second kappa shape index (κ2) is 5.74. The van der Waals surface area contributed by atoms with Gasteiger partial charge in [0.2, 0.25) is 0 Å². The molecule has 2 rings (SSSR count). The lowest BCUT2D eigenvalue weighted by atomic mass is 10.2. The summed E-state index contributed by atoms with van der Waals surface area (Å²) in [5.74, 6) is -0.268. The van der Waals surface area contributed by atoms with Crippen LogP contribution >= 0.6 is 34.5 Å². The molecule has 0 aliphatic rings. The molecule has 0 unspecified atom stereocenters. The highest BCUT2D eigenvalue weighted by Gasteiger charge is 2.22. The fraction of sp³-hybridized carbons (Fsp3) is 0.100. The molecule has 2 N–H and O–H groups in total. The summed E-state index contributed by atoms with van der Waals surface area (Å²) in [5, 5.41) is 0. The number of sulfonamides is 1. The van der Waals surface area contributed by atoms with E-state index in [0.29, 0.717) is 5.76 Å². The van der Waals surface area contributed by atoms with Crippen LogP contribution in [0.3, 0.4) is 0 Å². The summed E-state index contributed by atoms with van der Waals surface area (Å²) in [4.78, 5) is 13.5. The highest BCUT2D eigenvalue weighted by molar-refractivity contribution is 7.89. The number of halogens is 2. The van der Waals surface area contributed by atoms with Crippen LogP contribution in [-0.2, 0) is 10.0 Å². The van der Waals surface area contributed by atoms with Gasteiger partial charge in [0.1, 0.15) is 15.0 Å². The Morgan fingerprint density at radius 3 is 2.60 bits per heavy atom. The largest absolute Gasteiger partial charge is 0.469 e. The van der Waals surface area contributed by atoms with Gasteiger partial charge in [-0.3, -0.25) is 10.2 Å². The van der Waals surface area contributed by atoms with E-state index in [1.165, 1.54) is 18.4 Å². The summed E-state index contributed by atoms with van der Waals surface area (Å²) in [5.41, 5.74) is 2.29. The Labute approximate surface area is 128 Å². The van der Waals surface area contributed by atoms with E-state index < -0.39 is 15.9 Å². The Morgan fingerprint density at radius 1 is 1.40 bits per heavy atom. The molecule has 2 heterocycles. The molecule has 0 fully saturated rings. The highest BCUT2D eigenvalue weighted by atomic mass is 35.5. The molecule has 1 amide bonds. The Hall–Kier alpha value is -1.06. The molecule has 0 bridgehead atoms. The first-order valence-corrected chi connectivity index (χ1v) is 8.18. The van der Waals surface area contributed by atoms with E-state index in [-0.39, 0.29) is 19.1 Å². The van der Waals surface area contributed by atoms with Crippen molar-refractivity contribution in [3.63, 3.8) is 0 Å². The van der Waals surface area contributed by atoms with Crippen molar-refractivity contribution in [3.8, 4) is 0 Å². The van der Waals surface area contributed by atoms with Crippen molar-refractivity contribution in [2.24, 2.45) is 0 Å². The first kappa shape index (κ1) is 15.3. The minimum atomic E-state index is -3.99. The molecule has 6 nitrogen and oxygen atoms in total. The number of furan rings is 1. The third-order valence-corrected chi connectivity index (χ3v) is 5.32. The topological polar surface area (TPSA) is 88.4 Å². The third-order valence-electron chi connectivity index (χ3n) is 2.32. The van der Waals surface area contributed by atoms with Gasteiger partial charge in [0.05, 0.1) is 16.2 Å². The summed E-state index contributed by atoms with van der Waals surface area (Å²) in [6, 6.07) is 2.62. The van der Waals surface area contributed by atoms with Crippen LogP contribution in [0.4, 0.5) is 0 Å².